The van der Waals surface area contributed by atoms with Gasteiger partial charge in [0, 0.05) is 17.5 Å². The number of carbonyl (C=O) groups excluding carboxylic acids is 2. The highest BCUT2D eigenvalue weighted by atomic mass is 16.5. The highest BCUT2D eigenvalue weighted by Gasteiger charge is 2.40. The van der Waals surface area contributed by atoms with Crippen molar-refractivity contribution in [1.29, 1.82) is 0 Å². The standard InChI is InChI=1S/C27H32N2O5/c1-27(2,3)29(15-24(30)31)25(32)21-13-8-14-23(21)28-26(33)34-16-22-19-11-6-4-9-17(19)18-10-5-7-12-20(18)22/h4-7,9-12,21-23H,8,13-16H2,1-3H3,(H,28,33)(H,30,31). The molecule has 0 aliphatic heterocycles. The van der Waals surface area contributed by atoms with Gasteiger partial charge < -0.3 is 20.1 Å². The second kappa shape index (κ2) is 9.49. The molecule has 34 heavy (non-hydrogen) atoms. The highest BCUT2D eigenvalue weighted by Crippen LogP contribution is 2.44. The van der Waals surface area contributed by atoms with Crippen molar-refractivity contribution >= 4 is 18.0 Å². The molecule has 2 aliphatic carbocycles. The average molecular weight is 465 g/mol. The first kappa shape index (κ1) is 23.8. The SMILES string of the molecule is CC(C)(C)N(CC(=O)O)C(=O)C1CCCC1NC(=O)OCC1c2ccccc2-c2ccccc21. The molecule has 4 rings (SSSR count). The molecule has 0 saturated heterocycles. The summed E-state index contributed by atoms with van der Waals surface area (Å²) in [5.74, 6) is -1.79. The monoisotopic (exact) mass is 464 g/mol. The van der Waals surface area contributed by atoms with Gasteiger partial charge in [-0.05, 0) is 55.9 Å². The van der Waals surface area contributed by atoms with Crippen LogP contribution in [0, 0.1) is 5.92 Å². The van der Waals surface area contributed by atoms with Gasteiger partial charge in [-0.1, -0.05) is 55.0 Å². The molecular weight excluding hydrogens is 432 g/mol. The molecular formula is C27H32N2O5. The molecule has 0 aromatic heterocycles. The molecule has 0 heterocycles. The Kier molecular flexibility index (Phi) is 6.64. The van der Waals surface area contributed by atoms with E-state index in [1.54, 1.807) is 0 Å². The summed E-state index contributed by atoms with van der Waals surface area (Å²) in [6.45, 7) is 5.29. The second-order valence-electron chi connectivity index (χ2n) is 10.1. The largest absolute Gasteiger partial charge is 0.480 e. The fourth-order valence-electron chi connectivity index (χ4n) is 5.20. The van der Waals surface area contributed by atoms with Gasteiger partial charge in [0.15, 0.2) is 0 Å². The summed E-state index contributed by atoms with van der Waals surface area (Å²) in [4.78, 5) is 38.7. The normalized spacial score (nSPS) is 19.3. The van der Waals surface area contributed by atoms with E-state index in [0.29, 0.717) is 12.8 Å². The smallest absolute Gasteiger partial charge is 0.407 e. The van der Waals surface area contributed by atoms with Gasteiger partial charge in [-0.15, -0.1) is 0 Å². The Labute approximate surface area is 200 Å². The fourth-order valence-corrected chi connectivity index (χ4v) is 5.20. The minimum absolute atomic E-state index is 0.0360. The number of aliphatic carboxylic acids is 1. The minimum atomic E-state index is -1.05. The molecule has 7 nitrogen and oxygen atoms in total. The van der Waals surface area contributed by atoms with Gasteiger partial charge in [0.05, 0.1) is 5.92 Å². The molecule has 2 aromatic carbocycles. The fraction of sp³-hybridized carbons (Fsp3) is 0.444. The summed E-state index contributed by atoms with van der Waals surface area (Å²) in [6.07, 6.45) is 1.51. The third kappa shape index (κ3) is 4.79. The lowest BCUT2D eigenvalue weighted by molar-refractivity contribution is -0.150. The van der Waals surface area contributed by atoms with E-state index in [1.807, 2.05) is 45.0 Å². The van der Waals surface area contributed by atoms with Crippen LogP contribution < -0.4 is 5.32 Å². The van der Waals surface area contributed by atoms with Gasteiger partial charge in [0.25, 0.3) is 0 Å². The Morgan fingerprint density at radius 3 is 2.15 bits per heavy atom. The van der Waals surface area contributed by atoms with E-state index < -0.39 is 23.5 Å². The molecule has 2 unspecified atom stereocenters. The van der Waals surface area contributed by atoms with Gasteiger partial charge >= 0.3 is 12.1 Å². The number of rotatable bonds is 6. The third-order valence-electron chi connectivity index (χ3n) is 6.85. The number of ether oxygens (including phenoxy) is 1. The molecule has 2 N–H and O–H groups in total. The molecule has 0 bridgehead atoms. The summed E-state index contributed by atoms with van der Waals surface area (Å²) >= 11 is 0. The predicted octanol–water partition coefficient (Wildman–Crippen LogP) is 4.41. The van der Waals surface area contributed by atoms with Gasteiger partial charge in [0.2, 0.25) is 5.91 Å². The van der Waals surface area contributed by atoms with Crippen LogP contribution in [0.1, 0.15) is 57.1 Å². The maximum absolute atomic E-state index is 13.2. The molecule has 0 spiro atoms. The van der Waals surface area contributed by atoms with Crippen LogP contribution >= 0.6 is 0 Å². The first-order valence-corrected chi connectivity index (χ1v) is 11.8. The Bertz CT molecular complexity index is 1040. The lowest BCUT2D eigenvalue weighted by Crippen LogP contribution is -2.53. The van der Waals surface area contributed by atoms with Crippen molar-refractivity contribution in [2.75, 3.05) is 13.2 Å². The quantitative estimate of drug-likeness (QED) is 0.660. The Morgan fingerprint density at radius 2 is 1.59 bits per heavy atom. The number of amides is 2. The van der Waals surface area contributed by atoms with Crippen molar-refractivity contribution in [2.45, 2.75) is 57.5 Å². The van der Waals surface area contributed by atoms with E-state index in [-0.39, 0.29) is 31.0 Å². The Hall–Kier alpha value is -3.35. The van der Waals surface area contributed by atoms with Crippen molar-refractivity contribution in [2.24, 2.45) is 5.92 Å². The van der Waals surface area contributed by atoms with Crippen molar-refractivity contribution in [3.63, 3.8) is 0 Å². The number of carboxylic acid groups (broad SMARTS) is 1. The van der Waals surface area contributed by atoms with Crippen LogP contribution in [0.2, 0.25) is 0 Å². The number of hydrogen-bond donors (Lipinski definition) is 2. The van der Waals surface area contributed by atoms with Gasteiger partial charge in [-0.3, -0.25) is 9.59 Å². The van der Waals surface area contributed by atoms with E-state index >= 15 is 0 Å². The lowest BCUT2D eigenvalue weighted by atomic mass is 9.97. The number of carbonyl (C=O) groups is 3. The number of carboxylic acids is 1. The molecule has 2 aromatic rings. The molecule has 1 saturated carbocycles. The van der Waals surface area contributed by atoms with Crippen molar-refractivity contribution < 1.29 is 24.2 Å². The number of nitrogens with zero attached hydrogens (tertiary/aromatic N) is 1. The summed E-state index contributed by atoms with van der Waals surface area (Å²) in [5.41, 5.74) is 3.97. The summed E-state index contributed by atoms with van der Waals surface area (Å²) < 4.78 is 5.65. The van der Waals surface area contributed by atoms with Crippen molar-refractivity contribution in [3.8, 4) is 11.1 Å². The van der Waals surface area contributed by atoms with Crippen molar-refractivity contribution in [3.05, 3.63) is 59.7 Å². The second-order valence-corrected chi connectivity index (χ2v) is 10.1. The average Bonchev–Trinajstić information content (AvgIpc) is 3.37. The highest BCUT2D eigenvalue weighted by molar-refractivity contribution is 5.85. The zero-order valence-electron chi connectivity index (χ0n) is 19.9. The predicted molar refractivity (Wildman–Crippen MR) is 128 cm³/mol. The molecule has 2 atom stereocenters. The molecule has 2 aliphatic rings. The summed E-state index contributed by atoms with van der Waals surface area (Å²) in [5, 5.41) is 12.2. The molecule has 1 fully saturated rings. The van der Waals surface area contributed by atoms with E-state index in [1.165, 1.54) is 4.90 Å². The molecule has 2 amide bonds. The Balaban J connectivity index is 1.41. The third-order valence-corrected chi connectivity index (χ3v) is 6.85. The van der Waals surface area contributed by atoms with E-state index in [2.05, 4.69) is 29.6 Å². The zero-order chi connectivity index (χ0) is 24.5. The summed E-state index contributed by atoms with van der Waals surface area (Å²) in [6, 6.07) is 15.9. The van der Waals surface area contributed by atoms with E-state index in [4.69, 9.17) is 4.74 Å². The van der Waals surface area contributed by atoms with Gasteiger partial charge in [-0.25, -0.2) is 4.79 Å². The number of benzene rings is 2. The number of nitrogens with one attached hydrogen (secondary N) is 1. The van der Waals surface area contributed by atoms with Crippen LogP contribution in [0.25, 0.3) is 11.1 Å². The number of fused-ring (bicyclic) bond motifs is 3. The number of alkyl carbamates (subject to hydrolysis) is 1. The molecule has 7 heteroatoms. The Morgan fingerprint density at radius 1 is 1.00 bits per heavy atom. The van der Waals surface area contributed by atoms with Crippen LogP contribution in [0.5, 0.6) is 0 Å². The molecule has 180 valence electrons. The van der Waals surface area contributed by atoms with Crippen molar-refractivity contribution in [1.82, 2.24) is 10.2 Å². The maximum atomic E-state index is 13.2. The lowest BCUT2D eigenvalue weighted by Gasteiger charge is -2.37. The van der Waals surface area contributed by atoms with Crippen LogP contribution in [-0.4, -0.2) is 52.7 Å². The zero-order valence-corrected chi connectivity index (χ0v) is 19.9. The maximum Gasteiger partial charge on any atom is 0.407 e. The minimum Gasteiger partial charge on any atom is -0.480 e. The topological polar surface area (TPSA) is 95.9 Å². The number of hydrogen-bond acceptors (Lipinski definition) is 4. The van der Waals surface area contributed by atoms with Gasteiger partial charge in [0.1, 0.15) is 13.2 Å². The van der Waals surface area contributed by atoms with Gasteiger partial charge in [-0.2, -0.15) is 0 Å². The molecule has 0 radical (unpaired) electrons. The first-order valence-electron chi connectivity index (χ1n) is 11.8. The van der Waals surface area contributed by atoms with Crippen LogP contribution in [0.3, 0.4) is 0 Å². The van der Waals surface area contributed by atoms with E-state index in [9.17, 15) is 19.5 Å². The van der Waals surface area contributed by atoms with Crippen LogP contribution in [0.4, 0.5) is 4.79 Å². The van der Waals surface area contributed by atoms with E-state index in [0.717, 1.165) is 28.7 Å². The van der Waals surface area contributed by atoms with Crippen LogP contribution in [0.15, 0.2) is 48.5 Å². The van der Waals surface area contributed by atoms with Crippen LogP contribution in [-0.2, 0) is 14.3 Å². The summed E-state index contributed by atoms with van der Waals surface area (Å²) in [7, 11) is 0. The first-order chi connectivity index (χ1) is 16.2.